The molecule has 4 heteroatoms. The van der Waals surface area contributed by atoms with Crippen molar-refractivity contribution in [1.82, 2.24) is 10.3 Å². The SMILES string of the molecule is CNC1CCCc2nc(-c3cc(C)c(Br)c(C)c3)sc21. The lowest BCUT2D eigenvalue weighted by Crippen LogP contribution is -2.19. The molecule has 1 aliphatic carbocycles. The van der Waals surface area contributed by atoms with Gasteiger partial charge >= 0.3 is 0 Å². The number of fused-ring (bicyclic) bond motifs is 1. The van der Waals surface area contributed by atoms with Gasteiger partial charge in [-0.15, -0.1) is 11.3 Å². The van der Waals surface area contributed by atoms with E-state index in [4.69, 9.17) is 4.98 Å². The zero-order valence-electron chi connectivity index (χ0n) is 12.1. The molecule has 106 valence electrons. The lowest BCUT2D eigenvalue weighted by atomic mass is 9.98. The van der Waals surface area contributed by atoms with Gasteiger partial charge in [0.2, 0.25) is 0 Å². The number of aromatic nitrogens is 1. The van der Waals surface area contributed by atoms with Crippen LogP contribution in [-0.4, -0.2) is 12.0 Å². The Morgan fingerprint density at radius 1 is 1.30 bits per heavy atom. The van der Waals surface area contributed by atoms with Crippen molar-refractivity contribution in [2.24, 2.45) is 0 Å². The van der Waals surface area contributed by atoms with Crippen molar-refractivity contribution in [3.63, 3.8) is 0 Å². The number of hydrogen-bond acceptors (Lipinski definition) is 3. The molecular weight excluding hydrogens is 332 g/mol. The molecule has 3 rings (SSSR count). The molecule has 1 unspecified atom stereocenters. The van der Waals surface area contributed by atoms with Gasteiger partial charge in [-0.2, -0.15) is 0 Å². The largest absolute Gasteiger partial charge is 0.312 e. The predicted octanol–water partition coefficient (Wildman–Crippen LogP) is 4.79. The smallest absolute Gasteiger partial charge is 0.123 e. The Kier molecular flexibility index (Phi) is 3.98. The van der Waals surface area contributed by atoms with Crippen LogP contribution in [0.25, 0.3) is 10.6 Å². The number of nitrogens with zero attached hydrogens (tertiary/aromatic N) is 1. The van der Waals surface area contributed by atoms with Gasteiger partial charge in [0.15, 0.2) is 0 Å². The summed E-state index contributed by atoms with van der Waals surface area (Å²) in [4.78, 5) is 6.33. The minimum atomic E-state index is 0.489. The third-order valence-corrected chi connectivity index (χ3v) is 6.49. The summed E-state index contributed by atoms with van der Waals surface area (Å²) in [5.74, 6) is 0. The van der Waals surface area contributed by atoms with Crippen molar-refractivity contribution in [3.8, 4) is 10.6 Å². The second-order valence-corrected chi connectivity index (χ2v) is 7.31. The summed E-state index contributed by atoms with van der Waals surface area (Å²) in [6.45, 7) is 4.29. The highest BCUT2D eigenvalue weighted by molar-refractivity contribution is 9.10. The molecule has 20 heavy (non-hydrogen) atoms. The molecule has 0 amide bonds. The maximum atomic E-state index is 4.89. The van der Waals surface area contributed by atoms with Gasteiger partial charge in [0.1, 0.15) is 5.01 Å². The molecule has 1 aromatic carbocycles. The van der Waals surface area contributed by atoms with Crippen molar-refractivity contribution in [3.05, 3.63) is 38.3 Å². The molecule has 0 aliphatic heterocycles. The fourth-order valence-corrected chi connectivity index (χ4v) is 4.36. The molecule has 1 heterocycles. The minimum Gasteiger partial charge on any atom is -0.312 e. The van der Waals surface area contributed by atoms with Gasteiger partial charge < -0.3 is 5.32 Å². The topological polar surface area (TPSA) is 24.9 Å². The van der Waals surface area contributed by atoms with Gasteiger partial charge in [0, 0.05) is 21.0 Å². The van der Waals surface area contributed by atoms with E-state index >= 15 is 0 Å². The molecule has 2 nitrogen and oxygen atoms in total. The van der Waals surface area contributed by atoms with Crippen molar-refractivity contribution < 1.29 is 0 Å². The summed E-state index contributed by atoms with van der Waals surface area (Å²) in [7, 11) is 2.05. The van der Waals surface area contributed by atoms with Crippen LogP contribution in [0.4, 0.5) is 0 Å². The average Bonchev–Trinajstić information content (AvgIpc) is 2.88. The van der Waals surface area contributed by atoms with Crippen LogP contribution in [0, 0.1) is 13.8 Å². The van der Waals surface area contributed by atoms with Crippen molar-refractivity contribution in [2.75, 3.05) is 7.05 Å². The fourth-order valence-electron chi connectivity index (χ4n) is 2.89. The standard InChI is InChI=1S/C16H19BrN2S/c1-9-7-11(8-10(2)14(9)17)16-19-13-6-4-5-12(18-3)15(13)20-16/h7-8,12,18H,4-6H2,1-3H3. The molecule has 0 fully saturated rings. The van der Waals surface area contributed by atoms with Crippen LogP contribution in [0.15, 0.2) is 16.6 Å². The van der Waals surface area contributed by atoms with Gasteiger partial charge in [0.05, 0.1) is 5.69 Å². The minimum absolute atomic E-state index is 0.489. The van der Waals surface area contributed by atoms with E-state index in [1.165, 1.54) is 44.6 Å². The van der Waals surface area contributed by atoms with Gasteiger partial charge in [-0.25, -0.2) is 4.98 Å². The van der Waals surface area contributed by atoms with Gasteiger partial charge in [-0.3, -0.25) is 0 Å². The normalized spacial score (nSPS) is 18.1. The highest BCUT2D eigenvalue weighted by Gasteiger charge is 2.23. The number of benzene rings is 1. The van der Waals surface area contributed by atoms with E-state index in [-0.39, 0.29) is 0 Å². The Morgan fingerprint density at radius 2 is 2.00 bits per heavy atom. The number of halogens is 1. The zero-order valence-corrected chi connectivity index (χ0v) is 14.5. The summed E-state index contributed by atoms with van der Waals surface area (Å²) < 4.78 is 1.20. The number of nitrogens with one attached hydrogen (secondary N) is 1. The molecule has 0 radical (unpaired) electrons. The van der Waals surface area contributed by atoms with E-state index in [1.807, 2.05) is 18.4 Å². The average molecular weight is 351 g/mol. The second-order valence-electron chi connectivity index (χ2n) is 5.49. The highest BCUT2D eigenvalue weighted by atomic mass is 79.9. The van der Waals surface area contributed by atoms with Gasteiger partial charge in [0.25, 0.3) is 0 Å². The van der Waals surface area contributed by atoms with E-state index in [1.54, 1.807) is 0 Å². The van der Waals surface area contributed by atoms with Crippen molar-refractivity contribution in [1.29, 1.82) is 0 Å². The Bertz CT molecular complexity index is 625. The van der Waals surface area contributed by atoms with Crippen LogP contribution in [0.1, 0.15) is 40.6 Å². The summed E-state index contributed by atoms with van der Waals surface area (Å²) in [6, 6.07) is 4.95. The predicted molar refractivity (Wildman–Crippen MR) is 89.5 cm³/mol. The lowest BCUT2D eigenvalue weighted by molar-refractivity contribution is 0.501. The Balaban J connectivity index is 2.06. The molecule has 0 saturated carbocycles. The molecular formula is C16H19BrN2S. The summed E-state index contributed by atoms with van der Waals surface area (Å²) in [5.41, 5.74) is 5.10. The van der Waals surface area contributed by atoms with Crippen LogP contribution in [-0.2, 0) is 6.42 Å². The molecule has 0 bridgehead atoms. The first-order valence-electron chi connectivity index (χ1n) is 7.04. The highest BCUT2D eigenvalue weighted by Crippen LogP contribution is 2.38. The molecule has 0 spiro atoms. The van der Waals surface area contributed by atoms with E-state index < -0.39 is 0 Å². The first-order chi connectivity index (χ1) is 9.60. The molecule has 1 aliphatic rings. The van der Waals surface area contributed by atoms with Crippen LogP contribution >= 0.6 is 27.3 Å². The van der Waals surface area contributed by atoms with Gasteiger partial charge in [-0.05, 0) is 63.4 Å². The van der Waals surface area contributed by atoms with E-state index in [0.717, 1.165) is 11.4 Å². The monoisotopic (exact) mass is 350 g/mol. The summed E-state index contributed by atoms with van der Waals surface area (Å²) in [5, 5.41) is 4.58. The molecule has 1 atom stereocenters. The number of aryl methyl sites for hydroxylation is 3. The maximum Gasteiger partial charge on any atom is 0.123 e. The quantitative estimate of drug-likeness (QED) is 0.842. The Morgan fingerprint density at radius 3 is 2.65 bits per heavy atom. The third-order valence-electron chi connectivity index (χ3n) is 3.98. The van der Waals surface area contributed by atoms with Crippen molar-refractivity contribution in [2.45, 2.75) is 39.2 Å². The Labute approximate surface area is 132 Å². The van der Waals surface area contributed by atoms with Crippen molar-refractivity contribution >= 4 is 27.3 Å². The number of rotatable bonds is 2. The Hall–Kier alpha value is -0.710. The van der Waals surface area contributed by atoms with E-state index in [0.29, 0.717) is 6.04 Å². The van der Waals surface area contributed by atoms with E-state index in [9.17, 15) is 0 Å². The fraction of sp³-hybridized carbons (Fsp3) is 0.438. The molecule has 0 saturated heterocycles. The van der Waals surface area contributed by atoms with Crippen LogP contribution < -0.4 is 5.32 Å². The number of hydrogen-bond donors (Lipinski definition) is 1. The second kappa shape index (κ2) is 5.58. The molecule has 2 aromatic rings. The maximum absolute atomic E-state index is 4.89. The van der Waals surface area contributed by atoms with E-state index in [2.05, 4.69) is 47.2 Å². The van der Waals surface area contributed by atoms with Crippen LogP contribution in [0.5, 0.6) is 0 Å². The number of thiazole rings is 1. The van der Waals surface area contributed by atoms with Crippen LogP contribution in [0.2, 0.25) is 0 Å². The first kappa shape index (κ1) is 14.2. The zero-order chi connectivity index (χ0) is 14.3. The lowest BCUT2D eigenvalue weighted by Gasteiger charge is -2.19. The molecule has 1 N–H and O–H groups in total. The van der Waals surface area contributed by atoms with Crippen LogP contribution in [0.3, 0.4) is 0 Å². The molecule has 1 aromatic heterocycles. The third kappa shape index (κ3) is 2.45. The summed E-state index contributed by atoms with van der Waals surface area (Å²) in [6.07, 6.45) is 3.59. The first-order valence-corrected chi connectivity index (χ1v) is 8.65. The van der Waals surface area contributed by atoms with Gasteiger partial charge in [-0.1, -0.05) is 15.9 Å². The summed E-state index contributed by atoms with van der Waals surface area (Å²) >= 11 is 5.49.